The van der Waals surface area contributed by atoms with E-state index in [0.29, 0.717) is 29.9 Å². The van der Waals surface area contributed by atoms with Gasteiger partial charge >= 0.3 is 7.12 Å². The monoisotopic (exact) mass is 561 g/mol. The lowest BCUT2D eigenvalue weighted by atomic mass is 9.57. The molecule has 0 bridgehead atoms. The fourth-order valence-electron chi connectivity index (χ4n) is 6.84. The number of benzene rings is 2. The van der Waals surface area contributed by atoms with Crippen molar-refractivity contribution in [1.29, 1.82) is 0 Å². The molecule has 3 aliphatic rings. The Morgan fingerprint density at radius 1 is 1.12 bits per heavy atom. The molecule has 0 spiro atoms. The number of carbonyl (C=O) groups is 2. The number of halogens is 1. The van der Waals surface area contributed by atoms with Crippen molar-refractivity contribution < 1.29 is 24.4 Å². The van der Waals surface area contributed by atoms with E-state index < -0.39 is 19.0 Å². The number of para-hydroxylation sites is 1. The molecule has 0 aromatic heterocycles. The molecule has 1 aliphatic carbocycles. The number of nitrogens with zero attached hydrogens (tertiary/aromatic N) is 1. The molecule has 6 nitrogen and oxygen atoms in total. The number of amides is 2. The molecule has 2 fully saturated rings. The zero-order valence-electron chi connectivity index (χ0n) is 23.3. The van der Waals surface area contributed by atoms with Crippen LogP contribution in [0.2, 0.25) is 11.3 Å². The second-order valence-electron chi connectivity index (χ2n) is 11.5. The first-order chi connectivity index (χ1) is 19.2. The molecule has 2 saturated heterocycles. The number of rotatable bonds is 8. The van der Waals surface area contributed by atoms with Crippen LogP contribution in [-0.4, -0.2) is 35.2 Å². The summed E-state index contributed by atoms with van der Waals surface area (Å²) in [6.07, 6.45) is 5.84. The number of aromatic hydroxyl groups is 1. The summed E-state index contributed by atoms with van der Waals surface area (Å²) in [6, 6.07) is 14.1. The number of fused-ring (bicyclic) bond motifs is 3. The Labute approximate surface area is 241 Å². The van der Waals surface area contributed by atoms with Crippen LogP contribution in [0.3, 0.4) is 0 Å². The molecule has 4 atom stereocenters. The summed E-state index contributed by atoms with van der Waals surface area (Å²) in [5, 5.41) is 21.1. The van der Waals surface area contributed by atoms with Gasteiger partial charge in [0.15, 0.2) is 0 Å². The van der Waals surface area contributed by atoms with Crippen LogP contribution in [0, 0.1) is 23.7 Å². The molecule has 2 aromatic carbocycles. The molecular weight excluding hydrogens is 525 g/mol. The van der Waals surface area contributed by atoms with Crippen molar-refractivity contribution >= 4 is 42.3 Å². The SMILES string of the molecule is CCC/C(=C\c1ccc(O)cc1Cl)CC[C@H]1OB(O)C[C@H]2C1=C(C(C)C)C[C@H]1C(=O)N(c3ccccc3)C(=O)[C@H]12. The molecule has 0 radical (unpaired) electrons. The molecule has 0 saturated carbocycles. The lowest BCUT2D eigenvalue weighted by Crippen LogP contribution is -2.46. The van der Waals surface area contributed by atoms with Crippen LogP contribution in [-0.2, 0) is 14.2 Å². The molecule has 2 heterocycles. The smallest absolute Gasteiger partial charge is 0.455 e. The number of hydrogen-bond acceptors (Lipinski definition) is 5. The minimum Gasteiger partial charge on any atom is -0.508 e. The zero-order valence-corrected chi connectivity index (χ0v) is 24.1. The average Bonchev–Trinajstić information content (AvgIpc) is 3.18. The van der Waals surface area contributed by atoms with Gasteiger partial charge in [0.1, 0.15) is 5.75 Å². The van der Waals surface area contributed by atoms with E-state index in [4.69, 9.17) is 16.3 Å². The summed E-state index contributed by atoms with van der Waals surface area (Å²) in [7, 11) is -0.996. The molecule has 5 rings (SSSR count). The van der Waals surface area contributed by atoms with Crippen molar-refractivity contribution in [2.75, 3.05) is 4.90 Å². The van der Waals surface area contributed by atoms with Gasteiger partial charge in [0.2, 0.25) is 11.8 Å². The summed E-state index contributed by atoms with van der Waals surface area (Å²) >= 11 is 6.39. The standard InChI is InChI=1S/C32H37BClNO5/c1-4-8-20(15-21-12-13-23(36)16-27(21)34)11-14-28-29-24(19(2)3)17-25-30(26(29)18-33(39)40-28)32(38)35(31(25)37)22-9-6-5-7-10-22/h5-7,9-10,12-13,15-16,19,25-26,28,30,36,39H,4,8,11,14,17-18H2,1-3H3/b20-15+/t25-,26+,28-,30-/m1/s1. The predicted molar refractivity (Wildman–Crippen MR) is 159 cm³/mol. The van der Waals surface area contributed by atoms with Crippen molar-refractivity contribution in [2.24, 2.45) is 23.7 Å². The molecule has 2 aromatic rings. The van der Waals surface area contributed by atoms with Crippen LogP contribution >= 0.6 is 11.6 Å². The van der Waals surface area contributed by atoms with Gasteiger partial charge in [-0.2, -0.15) is 0 Å². The molecule has 2 aliphatic heterocycles. The maximum absolute atomic E-state index is 13.8. The van der Waals surface area contributed by atoms with Crippen molar-refractivity contribution in [3.8, 4) is 5.75 Å². The van der Waals surface area contributed by atoms with E-state index in [0.717, 1.165) is 30.4 Å². The largest absolute Gasteiger partial charge is 0.508 e. The highest BCUT2D eigenvalue weighted by molar-refractivity contribution is 6.43. The van der Waals surface area contributed by atoms with E-state index in [-0.39, 0.29) is 35.5 Å². The van der Waals surface area contributed by atoms with E-state index in [9.17, 15) is 19.7 Å². The molecule has 8 heteroatoms. The van der Waals surface area contributed by atoms with Crippen LogP contribution in [0.15, 0.2) is 65.3 Å². The number of phenolic OH excluding ortho intramolecular Hbond substituents is 1. The first kappa shape index (κ1) is 28.7. The number of hydrogen-bond donors (Lipinski definition) is 2. The number of anilines is 1. The summed E-state index contributed by atoms with van der Waals surface area (Å²) in [5.74, 6) is -1.15. The predicted octanol–water partition coefficient (Wildman–Crippen LogP) is 6.67. The molecular formula is C32H37BClNO5. The maximum Gasteiger partial charge on any atom is 0.455 e. The molecule has 40 heavy (non-hydrogen) atoms. The van der Waals surface area contributed by atoms with E-state index in [1.165, 1.54) is 16.0 Å². The number of allylic oxidation sites excluding steroid dienone is 2. The van der Waals surface area contributed by atoms with Gasteiger partial charge in [0, 0.05) is 0 Å². The Balaban J connectivity index is 1.45. The third-order valence-electron chi connectivity index (χ3n) is 8.60. The fourth-order valence-corrected chi connectivity index (χ4v) is 7.07. The third kappa shape index (κ3) is 5.52. The minimum atomic E-state index is -0.996. The maximum atomic E-state index is 13.8. The van der Waals surface area contributed by atoms with E-state index in [2.05, 4.69) is 26.8 Å². The number of carbonyl (C=O) groups excluding carboxylic acids is 2. The topological polar surface area (TPSA) is 87.1 Å². The van der Waals surface area contributed by atoms with Gasteiger partial charge in [-0.1, -0.05) is 74.2 Å². The highest BCUT2D eigenvalue weighted by Gasteiger charge is 2.57. The lowest BCUT2D eigenvalue weighted by Gasteiger charge is -2.44. The third-order valence-corrected chi connectivity index (χ3v) is 8.93. The lowest BCUT2D eigenvalue weighted by molar-refractivity contribution is -0.122. The van der Waals surface area contributed by atoms with Crippen LogP contribution in [0.5, 0.6) is 5.75 Å². The summed E-state index contributed by atoms with van der Waals surface area (Å²) < 4.78 is 6.18. The van der Waals surface area contributed by atoms with E-state index in [1.54, 1.807) is 24.3 Å². The molecule has 210 valence electrons. The Morgan fingerprint density at radius 2 is 1.88 bits per heavy atom. The quantitative estimate of drug-likeness (QED) is 0.214. The van der Waals surface area contributed by atoms with Crippen LogP contribution in [0.1, 0.15) is 58.4 Å². The van der Waals surface area contributed by atoms with Crippen molar-refractivity contribution in [1.82, 2.24) is 0 Å². The Bertz CT molecular complexity index is 1340. The average molecular weight is 562 g/mol. The van der Waals surface area contributed by atoms with Crippen LogP contribution < -0.4 is 4.90 Å². The number of imide groups is 1. The Hall–Kier alpha value is -2.87. The highest BCUT2D eigenvalue weighted by Crippen LogP contribution is 2.52. The zero-order chi connectivity index (χ0) is 28.6. The molecule has 2 amide bonds. The van der Waals surface area contributed by atoms with Crippen molar-refractivity contribution in [3.05, 3.63) is 75.8 Å². The summed E-state index contributed by atoms with van der Waals surface area (Å²) in [4.78, 5) is 28.8. The highest BCUT2D eigenvalue weighted by atomic mass is 35.5. The van der Waals surface area contributed by atoms with Gasteiger partial charge in [-0.25, -0.2) is 0 Å². The van der Waals surface area contributed by atoms with Gasteiger partial charge in [0.25, 0.3) is 0 Å². The van der Waals surface area contributed by atoms with Crippen LogP contribution in [0.25, 0.3) is 6.08 Å². The van der Waals surface area contributed by atoms with E-state index in [1.807, 2.05) is 24.3 Å². The first-order valence-corrected chi connectivity index (χ1v) is 14.7. The number of phenols is 1. The normalized spacial score (nSPS) is 25.1. The Kier molecular flexibility index (Phi) is 8.55. The van der Waals surface area contributed by atoms with Gasteiger partial charge in [0.05, 0.1) is 28.6 Å². The van der Waals surface area contributed by atoms with Gasteiger partial charge < -0.3 is 14.8 Å². The van der Waals surface area contributed by atoms with Gasteiger partial charge in [-0.3, -0.25) is 14.5 Å². The molecule has 2 N–H and O–H groups in total. The van der Waals surface area contributed by atoms with Crippen molar-refractivity contribution in [2.45, 2.75) is 65.3 Å². The second-order valence-corrected chi connectivity index (χ2v) is 11.9. The van der Waals surface area contributed by atoms with Gasteiger partial charge in [-0.05, 0) is 85.3 Å². The van der Waals surface area contributed by atoms with Crippen molar-refractivity contribution in [3.63, 3.8) is 0 Å². The Morgan fingerprint density at radius 3 is 2.55 bits per heavy atom. The minimum absolute atomic E-state index is 0.129. The fraction of sp³-hybridized carbons (Fsp3) is 0.438. The summed E-state index contributed by atoms with van der Waals surface area (Å²) in [5.41, 5.74) is 4.95. The first-order valence-electron chi connectivity index (χ1n) is 14.4. The summed E-state index contributed by atoms with van der Waals surface area (Å²) in [6.45, 7) is 6.39. The van der Waals surface area contributed by atoms with Gasteiger partial charge in [-0.15, -0.1) is 0 Å². The molecule has 0 unspecified atom stereocenters. The van der Waals surface area contributed by atoms with Crippen LogP contribution in [0.4, 0.5) is 5.69 Å². The van der Waals surface area contributed by atoms with E-state index >= 15 is 0 Å². The second kappa shape index (κ2) is 11.9.